The van der Waals surface area contributed by atoms with Crippen LogP contribution < -0.4 is 5.48 Å². The molecule has 1 atom stereocenters. The summed E-state index contributed by atoms with van der Waals surface area (Å²) < 4.78 is 5.31. The molecular weight excluding hydrogens is 206 g/mol. The predicted octanol–water partition coefficient (Wildman–Crippen LogP) is 1.63. The maximum Gasteiger partial charge on any atom is 0.0920 e. The molecule has 2 N–H and O–H groups in total. The van der Waals surface area contributed by atoms with Gasteiger partial charge < -0.3 is 9.84 Å². The van der Waals surface area contributed by atoms with E-state index in [1.54, 1.807) is 0 Å². The largest absolute Gasteiger partial charge is 0.389 e. The van der Waals surface area contributed by atoms with Gasteiger partial charge in [0.2, 0.25) is 0 Å². The Kier molecular flexibility index (Phi) is 7.76. The lowest BCUT2D eigenvalue weighted by Gasteiger charge is -2.15. The fourth-order valence-electron chi connectivity index (χ4n) is 1.79. The second kappa shape index (κ2) is 8.93. The lowest BCUT2D eigenvalue weighted by atomic mass is 10.3. The molecule has 1 fully saturated rings. The van der Waals surface area contributed by atoms with Crippen molar-refractivity contribution < 1.29 is 14.7 Å². The van der Waals surface area contributed by atoms with Crippen LogP contribution in [0.1, 0.15) is 45.4 Å². The van der Waals surface area contributed by atoms with Crippen LogP contribution in [0.25, 0.3) is 0 Å². The monoisotopic (exact) mass is 231 g/mol. The van der Waals surface area contributed by atoms with Gasteiger partial charge in [0.15, 0.2) is 0 Å². The molecule has 0 spiro atoms. The molecule has 0 aliphatic heterocycles. The van der Waals surface area contributed by atoms with Crippen molar-refractivity contribution >= 4 is 0 Å². The van der Waals surface area contributed by atoms with E-state index in [9.17, 15) is 5.11 Å². The van der Waals surface area contributed by atoms with Gasteiger partial charge in [-0.15, -0.1) is 0 Å². The summed E-state index contributed by atoms with van der Waals surface area (Å²) in [6.07, 6.45) is 6.83. The van der Waals surface area contributed by atoms with Crippen LogP contribution in [0.5, 0.6) is 0 Å². The van der Waals surface area contributed by atoms with E-state index >= 15 is 0 Å². The van der Waals surface area contributed by atoms with Crippen LogP contribution in [0.3, 0.4) is 0 Å². The van der Waals surface area contributed by atoms with Gasteiger partial charge in [-0.3, -0.25) is 4.84 Å². The lowest BCUT2D eigenvalue weighted by Crippen LogP contribution is -2.33. The topological polar surface area (TPSA) is 50.7 Å². The van der Waals surface area contributed by atoms with Gasteiger partial charge in [-0.1, -0.05) is 26.2 Å². The summed E-state index contributed by atoms with van der Waals surface area (Å²) in [5.74, 6) is 0. The molecule has 0 heterocycles. The minimum absolute atomic E-state index is 0.341. The number of rotatable bonds is 9. The van der Waals surface area contributed by atoms with Crippen LogP contribution in [0.2, 0.25) is 0 Å². The first-order valence-corrected chi connectivity index (χ1v) is 6.47. The molecule has 1 aliphatic rings. The molecule has 0 bridgehead atoms. The average Bonchev–Trinajstić information content (AvgIpc) is 2.77. The molecule has 1 unspecified atom stereocenters. The fourth-order valence-corrected chi connectivity index (χ4v) is 1.79. The number of unbranched alkanes of at least 4 members (excludes halogenated alkanes) is 1. The zero-order valence-electron chi connectivity index (χ0n) is 10.3. The molecule has 0 aromatic carbocycles. The van der Waals surface area contributed by atoms with Gasteiger partial charge in [-0.2, -0.15) is 5.48 Å². The third-order valence-corrected chi connectivity index (χ3v) is 2.82. The molecular formula is C12H25NO3. The first-order chi connectivity index (χ1) is 7.83. The summed E-state index contributed by atoms with van der Waals surface area (Å²) in [5, 5.41) is 9.55. The Balaban J connectivity index is 1.87. The summed E-state index contributed by atoms with van der Waals surface area (Å²) in [6.45, 7) is 3.69. The second-order valence-corrected chi connectivity index (χ2v) is 4.46. The summed E-state index contributed by atoms with van der Waals surface area (Å²) in [5.41, 5.74) is 2.84. The molecule has 4 nitrogen and oxygen atoms in total. The molecule has 96 valence electrons. The number of hydrogen-bond donors (Lipinski definition) is 2. The van der Waals surface area contributed by atoms with E-state index in [2.05, 4.69) is 12.4 Å². The fraction of sp³-hybridized carbons (Fsp3) is 1.00. The summed E-state index contributed by atoms with van der Waals surface area (Å²) in [4.78, 5) is 5.44. The van der Waals surface area contributed by atoms with Crippen molar-refractivity contribution in [3.05, 3.63) is 0 Å². The van der Waals surface area contributed by atoms with E-state index in [0.29, 0.717) is 19.3 Å². The van der Waals surface area contributed by atoms with Gasteiger partial charge in [0, 0.05) is 13.2 Å². The highest BCUT2D eigenvalue weighted by Crippen LogP contribution is 2.19. The van der Waals surface area contributed by atoms with Crippen molar-refractivity contribution in [3.8, 4) is 0 Å². The predicted molar refractivity (Wildman–Crippen MR) is 63.1 cm³/mol. The first-order valence-electron chi connectivity index (χ1n) is 6.47. The standard InChI is InChI=1S/C12H25NO3/c1-2-3-8-15-10-11(14)9-13-16-12-6-4-5-7-12/h11-14H,2-10H2,1H3. The lowest BCUT2D eigenvalue weighted by molar-refractivity contribution is -0.0498. The maximum atomic E-state index is 9.55. The molecule has 16 heavy (non-hydrogen) atoms. The summed E-state index contributed by atoms with van der Waals surface area (Å²) in [7, 11) is 0. The van der Waals surface area contributed by atoms with E-state index in [4.69, 9.17) is 9.57 Å². The van der Waals surface area contributed by atoms with Crippen molar-refractivity contribution in [1.82, 2.24) is 5.48 Å². The Morgan fingerprint density at radius 2 is 2.12 bits per heavy atom. The van der Waals surface area contributed by atoms with Gasteiger partial charge in [-0.05, 0) is 19.3 Å². The van der Waals surface area contributed by atoms with Crippen LogP contribution >= 0.6 is 0 Å². The van der Waals surface area contributed by atoms with Crippen LogP contribution in [0.15, 0.2) is 0 Å². The SMILES string of the molecule is CCCCOCC(O)CNOC1CCCC1. The Morgan fingerprint density at radius 1 is 1.38 bits per heavy atom. The number of hydrogen-bond acceptors (Lipinski definition) is 4. The van der Waals surface area contributed by atoms with Crippen LogP contribution in [-0.2, 0) is 9.57 Å². The number of hydroxylamine groups is 1. The van der Waals surface area contributed by atoms with E-state index in [-0.39, 0.29) is 0 Å². The molecule has 4 heteroatoms. The average molecular weight is 231 g/mol. The number of aliphatic hydroxyl groups is 1. The highest BCUT2D eigenvalue weighted by atomic mass is 16.7. The van der Waals surface area contributed by atoms with Crippen molar-refractivity contribution in [1.29, 1.82) is 0 Å². The molecule has 1 saturated carbocycles. The van der Waals surface area contributed by atoms with E-state index in [1.807, 2.05) is 0 Å². The van der Waals surface area contributed by atoms with E-state index < -0.39 is 6.10 Å². The third-order valence-electron chi connectivity index (χ3n) is 2.82. The van der Waals surface area contributed by atoms with Crippen molar-refractivity contribution in [2.45, 2.75) is 57.7 Å². The number of ether oxygens (including phenoxy) is 1. The van der Waals surface area contributed by atoms with Gasteiger partial charge in [0.25, 0.3) is 0 Å². The third kappa shape index (κ3) is 6.43. The maximum absolute atomic E-state index is 9.55. The van der Waals surface area contributed by atoms with Gasteiger partial charge in [0.1, 0.15) is 0 Å². The minimum atomic E-state index is -0.474. The zero-order valence-corrected chi connectivity index (χ0v) is 10.3. The van der Waals surface area contributed by atoms with Gasteiger partial charge >= 0.3 is 0 Å². The summed E-state index contributed by atoms with van der Waals surface area (Å²) in [6, 6.07) is 0. The number of nitrogens with one attached hydrogen (secondary N) is 1. The Bertz CT molecular complexity index is 160. The van der Waals surface area contributed by atoms with Crippen molar-refractivity contribution in [3.63, 3.8) is 0 Å². The number of aliphatic hydroxyl groups excluding tert-OH is 1. The minimum Gasteiger partial charge on any atom is -0.389 e. The molecule has 1 aliphatic carbocycles. The normalized spacial score (nSPS) is 19.1. The highest BCUT2D eigenvalue weighted by Gasteiger charge is 2.15. The first kappa shape index (κ1) is 13.9. The molecule has 0 saturated heterocycles. The Hall–Kier alpha value is -0.160. The smallest absolute Gasteiger partial charge is 0.0920 e. The molecule has 0 amide bonds. The Labute approximate surface area is 98.3 Å². The van der Waals surface area contributed by atoms with E-state index in [1.165, 1.54) is 12.8 Å². The summed E-state index contributed by atoms with van der Waals surface area (Å²) >= 11 is 0. The second-order valence-electron chi connectivity index (χ2n) is 4.46. The van der Waals surface area contributed by atoms with Crippen LogP contribution in [-0.4, -0.2) is 37.1 Å². The van der Waals surface area contributed by atoms with Gasteiger partial charge in [-0.25, -0.2) is 0 Å². The van der Waals surface area contributed by atoms with Gasteiger partial charge in [0.05, 0.1) is 18.8 Å². The molecule has 1 rings (SSSR count). The van der Waals surface area contributed by atoms with Crippen molar-refractivity contribution in [2.24, 2.45) is 0 Å². The van der Waals surface area contributed by atoms with Crippen LogP contribution in [0.4, 0.5) is 0 Å². The zero-order chi connectivity index (χ0) is 11.6. The van der Waals surface area contributed by atoms with Crippen molar-refractivity contribution in [2.75, 3.05) is 19.8 Å². The quantitative estimate of drug-likeness (QED) is 0.468. The molecule has 0 radical (unpaired) electrons. The Morgan fingerprint density at radius 3 is 2.81 bits per heavy atom. The molecule has 0 aromatic heterocycles. The van der Waals surface area contributed by atoms with Crippen LogP contribution in [0, 0.1) is 0 Å². The molecule has 0 aromatic rings. The highest BCUT2D eigenvalue weighted by molar-refractivity contribution is 4.66. The van der Waals surface area contributed by atoms with E-state index in [0.717, 1.165) is 32.3 Å².